The maximum absolute atomic E-state index is 12.9. The molecule has 0 aliphatic carbocycles. The van der Waals surface area contributed by atoms with Crippen molar-refractivity contribution in [2.24, 2.45) is 10.1 Å². The third kappa shape index (κ3) is 4.35. The van der Waals surface area contributed by atoms with Gasteiger partial charge in [-0.2, -0.15) is 15.1 Å². The number of rotatable bonds is 5. The van der Waals surface area contributed by atoms with Crippen LogP contribution < -0.4 is 4.74 Å². The molecule has 0 bridgehead atoms. The minimum absolute atomic E-state index is 0.0108. The minimum atomic E-state index is -0.508. The fraction of sp³-hybridized carbons (Fsp3) is 0.320. The first-order valence-corrected chi connectivity index (χ1v) is 12.8. The Labute approximate surface area is 218 Å². The summed E-state index contributed by atoms with van der Waals surface area (Å²) in [4.78, 5) is 31.4. The van der Waals surface area contributed by atoms with E-state index in [1.54, 1.807) is 25.3 Å². The van der Waals surface area contributed by atoms with E-state index in [2.05, 4.69) is 10.1 Å². The predicted octanol–water partition coefficient (Wildman–Crippen LogP) is 4.39. The predicted molar refractivity (Wildman–Crippen MR) is 142 cm³/mol. The monoisotopic (exact) mass is 524 g/mol. The highest BCUT2D eigenvalue weighted by atomic mass is 35.5. The molecule has 0 radical (unpaired) electrons. The third-order valence-corrected chi connectivity index (χ3v) is 7.55. The highest BCUT2D eigenvalue weighted by molar-refractivity contribution is 8.27. The molecule has 5 rings (SSSR count). The van der Waals surface area contributed by atoms with Crippen LogP contribution in [0.3, 0.4) is 0 Å². The lowest BCUT2D eigenvalue weighted by Gasteiger charge is -2.20. The van der Waals surface area contributed by atoms with Crippen LogP contribution in [0.25, 0.3) is 11.8 Å². The first-order valence-electron chi connectivity index (χ1n) is 11.6. The van der Waals surface area contributed by atoms with Gasteiger partial charge in [-0.25, -0.2) is 0 Å². The van der Waals surface area contributed by atoms with Crippen LogP contribution in [-0.2, 0) is 9.59 Å². The normalized spacial score (nSPS) is 18.6. The van der Waals surface area contributed by atoms with Crippen LogP contribution in [-0.4, -0.2) is 62.5 Å². The highest BCUT2D eigenvalue weighted by Crippen LogP contribution is 2.33. The molecule has 2 amide bonds. The maximum atomic E-state index is 12.9. The SMILES string of the molecule is COc1ccc(Cl)cc1-n1c(C)cc(/C=C2/C(=N)N3N=C(CC(=O)N4CCCC4)SC3=NC2=O)c1C. The summed E-state index contributed by atoms with van der Waals surface area (Å²) in [6.45, 7) is 5.41. The molecule has 2 aromatic rings. The Kier molecular flexibility index (Phi) is 6.48. The molecule has 11 heteroatoms. The number of aromatic nitrogens is 1. The topological polar surface area (TPSA) is 103 Å². The van der Waals surface area contributed by atoms with E-state index < -0.39 is 5.91 Å². The lowest BCUT2D eigenvalue weighted by Crippen LogP contribution is -2.35. The molecule has 1 N–H and O–H groups in total. The van der Waals surface area contributed by atoms with Gasteiger partial charge in [0.1, 0.15) is 10.8 Å². The highest BCUT2D eigenvalue weighted by Gasteiger charge is 2.36. The van der Waals surface area contributed by atoms with Gasteiger partial charge in [0.15, 0.2) is 5.84 Å². The van der Waals surface area contributed by atoms with Crippen molar-refractivity contribution in [1.82, 2.24) is 14.5 Å². The Morgan fingerprint density at radius 2 is 2.00 bits per heavy atom. The van der Waals surface area contributed by atoms with Crippen molar-refractivity contribution in [3.63, 3.8) is 0 Å². The summed E-state index contributed by atoms with van der Waals surface area (Å²) >= 11 is 7.42. The average molecular weight is 525 g/mol. The van der Waals surface area contributed by atoms with Crippen molar-refractivity contribution < 1.29 is 14.3 Å². The fourth-order valence-electron chi connectivity index (χ4n) is 4.61. The minimum Gasteiger partial charge on any atom is -0.495 e. The Balaban J connectivity index is 1.44. The number of methoxy groups -OCH3 is 1. The first-order chi connectivity index (χ1) is 17.3. The van der Waals surface area contributed by atoms with E-state index in [0.717, 1.165) is 48.6 Å². The number of nitrogens with one attached hydrogen (secondary N) is 1. The number of halogens is 1. The van der Waals surface area contributed by atoms with E-state index >= 15 is 0 Å². The summed E-state index contributed by atoms with van der Waals surface area (Å²) in [5.74, 6) is 0.102. The molecule has 3 aliphatic heterocycles. The van der Waals surface area contributed by atoms with E-state index in [0.29, 0.717) is 21.0 Å². The number of benzene rings is 1. The Morgan fingerprint density at radius 3 is 2.72 bits per heavy atom. The molecule has 186 valence electrons. The molecule has 1 fully saturated rings. The molecule has 4 heterocycles. The van der Waals surface area contributed by atoms with Gasteiger partial charge in [-0.1, -0.05) is 11.6 Å². The number of carbonyl (C=O) groups is 2. The average Bonchev–Trinajstić information content (AvgIpc) is 3.57. The summed E-state index contributed by atoms with van der Waals surface area (Å²) in [6, 6.07) is 7.33. The van der Waals surface area contributed by atoms with Crippen molar-refractivity contribution >= 4 is 57.3 Å². The van der Waals surface area contributed by atoms with Gasteiger partial charge in [-0.05, 0) is 74.4 Å². The number of likely N-dealkylation sites (tertiary alicyclic amines) is 1. The number of hydrogen-bond acceptors (Lipinski definition) is 6. The van der Waals surface area contributed by atoms with E-state index in [1.807, 2.05) is 35.4 Å². The summed E-state index contributed by atoms with van der Waals surface area (Å²) in [7, 11) is 1.60. The van der Waals surface area contributed by atoms with Gasteiger partial charge < -0.3 is 14.2 Å². The number of amidine groups is 2. The Morgan fingerprint density at radius 1 is 1.25 bits per heavy atom. The number of hydrogen-bond donors (Lipinski definition) is 1. The van der Waals surface area contributed by atoms with Crippen LogP contribution in [0.15, 0.2) is 39.9 Å². The van der Waals surface area contributed by atoms with Crippen molar-refractivity contribution in [2.75, 3.05) is 20.2 Å². The molecular weight excluding hydrogens is 500 g/mol. The molecule has 1 aromatic carbocycles. The molecule has 1 aromatic heterocycles. The zero-order valence-corrected chi connectivity index (χ0v) is 21.7. The number of thioether (sulfide) groups is 1. The molecule has 36 heavy (non-hydrogen) atoms. The third-order valence-electron chi connectivity index (χ3n) is 6.41. The number of hydrazone groups is 1. The molecule has 0 atom stereocenters. The number of aliphatic imine (C=N–C) groups is 1. The van der Waals surface area contributed by atoms with Crippen molar-refractivity contribution in [3.8, 4) is 11.4 Å². The number of fused-ring (bicyclic) bond motifs is 1. The standard InChI is InChI=1S/C25H25ClN6O3S/c1-14-10-16(15(2)31(14)19-12-17(26)6-7-20(19)35-3)11-18-23(27)32-25(28-24(18)34)36-21(29-32)13-22(33)30-8-4-5-9-30/h6-7,10-12,27H,4-5,8-9,13H2,1-3H3/b18-11-,27-23?. The van der Waals surface area contributed by atoms with Crippen LogP contribution >= 0.6 is 23.4 Å². The van der Waals surface area contributed by atoms with Crippen LogP contribution in [0.5, 0.6) is 5.75 Å². The van der Waals surface area contributed by atoms with Crippen molar-refractivity contribution in [2.45, 2.75) is 33.1 Å². The van der Waals surface area contributed by atoms with E-state index in [-0.39, 0.29) is 23.7 Å². The lowest BCUT2D eigenvalue weighted by atomic mass is 10.1. The maximum Gasteiger partial charge on any atom is 0.283 e. The van der Waals surface area contributed by atoms with Gasteiger partial charge in [0, 0.05) is 29.5 Å². The second kappa shape index (κ2) is 9.59. The molecule has 0 spiro atoms. The number of ether oxygens (including phenoxy) is 1. The van der Waals surface area contributed by atoms with Crippen LogP contribution in [0.2, 0.25) is 5.02 Å². The van der Waals surface area contributed by atoms with E-state index in [4.69, 9.17) is 21.7 Å². The van der Waals surface area contributed by atoms with Gasteiger partial charge in [0.2, 0.25) is 11.1 Å². The zero-order valence-electron chi connectivity index (χ0n) is 20.2. The molecule has 1 saturated heterocycles. The zero-order chi connectivity index (χ0) is 25.6. The van der Waals surface area contributed by atoms with Crippen molar-refractivity contribution in [1.29, 1.82) is 5.41 Å². The molecule has 3 aliphatic rings. The summed E-state index contributed by atoms with van der Waals surface area (Å²) in [6.07, 6.45) is 3.84. The molecule has 0 unspecified atom stereocenters. The van der Waals surface area contributed by atoms with Crippen LogP contribution in [0.4, 0.5) is 0 Å². The van der Waals surface area contributed by atoms with Gasteiger partial charge >= 0.3 is 0 Å². The smallest absolute Gasteiger partial charge is 0.283 e. The van der Waals surface area contributed by atoms with E-state index in [1.165, 1.54) is 16.8 Å². The molecule has 0 saturated carbocycles. The second-order valence-corrected chi connectivity index (χ2v) is 10.2. The van der Waals surface area contributed by atoms with Crippen molar-refractivity contribution in [3.05, 3.63) is 51.8 Å². The number of carbonyl (C=O) groups excluding carboxylic acids is 2. The van der Waals surface area contributed by atoms with E-state index in [9.17, 15) is 9.59 Å². The summed E-state index contributed by atoms with van der Waals surface area (Å²) in [5.41, 5.74) is 3.45. The summed E-state index contributed by atoms with van der Waals surface area (Å²) in [5, 5.41) is 15.9. The Hall–Kier alpha value is -3.37. The van der Waals surface area contributed by atoms with Crippen LogP contribution in [0, 0.1) is 19.3 Å². The quantitative estimate of drug-likeness (QED) is 0.584. The number of nitrogens with zero attached hydrogens (tertiary/aromatic N) is 5. The summed E-state index contributed by atoms with van der Waals surface area (Å²) < 4.78 is 7.52. The number of amides is 2. The Bertz CT molecular complexity index is 1390. The fourth-order valence-corrected chi connectivity index (χ4v) is 5.65. The lowest BCUT2D eigenvalue weighted by molar-refractivity contribution is -0.128. The van der Waals surface area contributed by atoms with Gasteiger partial charge in [-0.15, -0.1) is 0 Å². The second-order valence-electron chi connectivity index (χ2n) is 8.76. The largest absolute Gasteiger partial charge is 0.495 e. The van der Waals surface area contributed by atoms with Gasteiger partial charge in [-0.3, -0.25) is 15.0 Å². The van der Waals surface area contributed by atoms with Crippen LogP contribution in [0.1, 0.15) is 36.2 Å². The molecular formula is C25H25ClN6O3S. The van der Waals surface area contributed by atoms with Gasteiger partial charge in [0.25, 0.3) is 5.91 Å². The number of aryl methyl sites for hydroxylation is 1. The molecule has 9 nitrogen and oxygen atoms in total. The first kappa shape index (κ1) is 24.3. The van der Waals surface area contributed by atoms with Gasteiger partial charge in [0.05, 0.1) is 24.8 Å².